The summed E-state index contributed by atoms with van der Waals surface area (Å²) in [7, 11) is 0. The molecule has 0 aliphatic rings. The highest BCUT2D eigenvalue weighted by atomic mass is 19.4. The Morgan fingerprint density at radius 1 is 1.32 bits per heavy atom. The number of hydrogen-bond donors (Lipinski definition) is 0. The van der Waals surface area contributed by atoms with Crippen molar-refractivity contribution in [3.63, 3.8) is 0 Å². The lowest BCUT2D eigenvalue weighted by Gasteiger charge is -2.06. The van der Waals surface area contributed by atoms with Crippen LogP contribution < -0.4 is 0 Å². The Labute approximate surface area is 106 Å². The van der Waals surface area contributed by atoms with Gasteiger partial charge in [0.25, 0.3) is 0 Å². The van der Waals surface area contributed by atoms with E-state index in [1.54, 1.807) is 6.20 Å². The number of aromatic nitrogens is 3. The molecule has 0 atom stereocenters. The highest BCUT2D eigenvalue weighted by Crippen LogP contribution is 2.27. The highest BCUT2D eigenvalue weighted by molar-refractivity contribution is 5.93. The van der Waals surface area contributed by atoms with Gasteiger partial charge >= 0.3 is 6.18 Å². The number of pyridine rings is 1. The second-order valence-corrected chi connectivity index (χ2v) is 4.03. The minimum absolute atomic E-state index is 0.114. The second kappa shape index (κ2) is 4.83. The monoisotopic (exact) mass is 269 g/mol. The van der Waals surface area contributed by atoms with Crippen LogP contribution in [-0.4, -0.2) is 20.5 Å². The molecule has 0 radical (unpaired) electrons. The summed E-state index contributed by atoms with van der Waals surface area (Å²) in [4.78, 5) is 14.4. The molecule has 0 N–H and O–H groups in total. The average molecular weight is 269 g/mol. The Morgan fingerprint density at radius 2 is 2.05 bits per heavy atom. The molecule has 0 bridgehead atoms. The van der Waals surface area contributed by atoms with Crippen LogP contribution in [0.1, 0.15) is 28.5 Å². The van der Waals surface area contributed by atoms with Gasteiger partial charge in [-0.05, 0) is 18.6 Å². The van der Waals surface area contributed by atoms with Gasteiger partial charge in [0.05, 0.1) is 18.3 Å². The number of hydrogen-bond acceptors (Lipinski definition) is 3. The van der Waals surface area contributed by atoms with Crippen LogP contribution in [0.2, 0.25) is 0 Å². The summed E-state index contributed by atoms with van der Waals surface area (Å²) in [5.41, 5.74) is 0.104. The van der Waals surface area contributed by atoms with Crippen LogP contribution in [0.25, 0.3) is 0 Å². The SMILES string of the molecule is CC(=O)c1cnn(Cc2ccc(C(F)(F)F)nc2)c1. The summed E-state index contributed by atoms with van der Waals surface area (Å²) in [5, 5.41) is 3.95. The number of rotatable bonds is 3. The van der Waals surface area contributed by atoms with Gasteiger partial charge in [0.1, 0.15) is 5.69 Å². The lowest BCUT2D eigenvalue weighted by atomic mass is 10.2. The molecule has 2 aromatic heterocycles. The maximum Gasteiger partial charge on any atom is 0.433 e. The van der Waals surface area contributed by atoms with E-state index in [-0.39, 0.29) is 12.3 Å². The fourth-order valence-corrected chi connectivity index (χ4v) is 1.50. The summed E-state index contributed by atoms with van der Waals surface area (Å²) < 4.78 is 38.4. The average Bonchev–Trinajstić information content (AvgIpc) is 2.77. The molecule has 2 rings (SSSR count). The number of Topliss-reactive ketones (excluding diaryl/α,β-unsaturated/α-hetero) is 1. The van der Waals surface area contributed by atoms with Crippen LogP contribution in [0, 0.1) is 0 Å². The van der Waals surface area contributed by atoms with E-state index in [0.717, 1.165) is 12.3 Å². The number of nitrogens with zero attached hydrogens (tertiary/aromatic N) is 3. The van der Waals surface area contributed by atoms with Gasteiger partial charge in [0, 0.05) is 12.4 Å². The molecule has 2 aromatic rings. The van der Waals surface area contributed by atoms with Gasteiger partial charge in [-0.1, -0.05) is 6.07 Å². The van der Waals surface area contributed by atoms with E-state index in [4.69, 9.17) is 0 Å². The predicted octanol–water partition coefficient (Wildman–Crippen LogP) is 2.55. The molecule has 0 spiro atoms. The largest absolute Gasteiger partial charge is 0.433 e. The Hall–Kier alpha value is -2.18. The minimum Gasteiger partial charge on any atom is -0.294 e. The summed E-state index contributed by atoms with van der Waals surface area (Å²) in [6.45, 7) is 1.68. The van der Waals surface area contributed by atoms with Gasteiger partial charge in [-0.15, -0.1) is 0 Å². The van der Waals surface area contributed by atoms with Crippen molar-refractivity contribution in [1.29, 1.82) is 0 Å². The first kappa shape index (κ1) is 13.3. The van der Waals surface area contributed by atoms with Crippen molar-refractivity contribution in [1.82, 2.24) is 14.8 Å². The molecule has 0 saturated carbocycles. The summed E-state index contributed by atoms with van der Waals surface area (Å²) in [6, 6.07) is 2.26. The smallest absolute Gasteiger partial charge is 0.294 e. The maximum absolute atomic E-state index is 12.3. The number of carbonyl (C=O) groups is 1. The van der Waals surface area contributed by atoms with E-state index in [0.29, 0.717) is 11.1 Å². The molecule has 2 heterocycles. The molecular formula is C12H10F3N3O. The van der Waals surface area contributed by atoms with Crippen molar-refractivity contribution in [2.45, 2.75) is 19.6 Å². The zero-order valence-electron chi connectivity index (χ0n) is 9.98. The van der Waals surface area contributed by atoms with E-state index in [9.17, 15) is 18.0 Å². The molecule has 7 heteroatoms. The molecule has 0 unspecified atom stereocenters. The highest BCUT2D eigenvalue weighted by Gasteiger charge is 2.31. The topological polar surface area (TPSA) is 47.8 Å². The first-order valence-corrected chi connectivity index (χ1v) is 5.42. The third kappa shape index (κ3) is 3.18. The predicted molar refractivity (Wildman–Crippen MR) is 60.6 cm³/mol. The molecule has 100 valence electrons. The van der Waals surface area contributed by atoms with Crippen molar-refractivity contribution in [3.05, 3.63) is 47.5 Å². The molecule has 19 heavy (non-hydrogen) atoms. The van der Waals surface area contributed by atoms with Crippen LogP contribution in [0.5, 0.6) is 0 Å². The van der Waals surface area contributed by atoms with E-state index in [1.807, 2.05) is 0 Å². The van der Waals surface area contributed by atoms with Crippen molar-refractivity contribution < 1.29 is 18.0 Å². The van der Waals surface area contributed by atoms with Crippen molar-refractivity contribution >= 4 is 5.78 Å². The fourth-order valence-electron chi connectivity index (χ4n) is 1.50. The van der Waals surface area contributed by atoms with Gasteiger partial charge in [0.2, 0.25) is 0 Å². The van der Waals surface area contributed by atoms with E-state index < -0.39 is 11.9 Å². The quantitative estimate of drug-likeness (QED) is 0.804. The number of carbonyl (C=O) groups excluding carboxylic acids is 1. The van der Waals surface area contributed by atoms with Gasteiger partial charge in [-0.25, -0.2) is 0 Å². The standard InChI is InChI=1S/C12H10F3N3O/c1-8(19)10-5-17-18(7-10)6-9-2-3-11(16-4-9)12(13,14)15/h2-5,7H,6H2,1H3. The normalized spacial score (nSPS) is 11.6. The van der Waals surface area contributed by atoms with E-state index >= 15 is 0 Å². The molecule has 0 fully saturated rings. The first-order chi connectivity index (χ1) is 8.86. The van der Waals surface area contributed by atoms with E-state index in [1.165, 1.54) is 23.9 Å². The summed E-state index contributed by atoms with van der Waals surface area (Å²) in [6.07, 6.45) is -0.330. The number of ketones is 1. The minimum atomic E-state index is -4.44. The van der Waals surface area contributed by atoms with Gasteiger partial charge in [-0.2, -0.15) is 18.3 Å². The number of alkyl halides is 3. The lowest BCUT2D eigenvalue weighted by molar-refractivity contribution is -0.141. The maximum atomic E-state index is 12.3. The van der Waals surface area contributed by atoms with Crippen LogP contribution >= 0.6 is 0 Å². The molecule has 4 nitrogen and oxygen atoms in total. The Kier molecular flexibility index (Phi) is 3.37. The Bertz CT molecular complexity index is 587. The molecule has 0 saturated heterocycles. The van der Waals surface area contributed by atoms with Gasteiger partial charge in [-0.3, -0.25) is 14.5 Å². The molecule has 0 aliphatic carbocycles. The van der Waals surface area contributed by atoms with Crippen molar-refractivity contribution in [3.8, 4) is 0 Å². The first-order valence-electron chi connectivity index (χ1n) is 5.42. The van der Waals surface area contributed by atoms with Crippen LogP contribution in [0.15, 0.2) is 30.7 Å². The molecule has 0 aromatic carbocycles. The third-order valence-electron chi connectivity index (χ3n) is 2.50. The van der Waals surface area contributed by atoms with E-state index in [2.05, 4.69) is 10.1 Å². The fraction of sp³-hybridized carbons (Fsp3) is 0.250. The third-order valence-corrected chi connectivity index (χ3v) is 2.50. The summed E-state index contributed by atoms with van der Waals surface area (Å²) >= 11 is 0. The number of halogens is 3. The zero-order chi connectivity index (χ0) is 14.0. The zero-order valence-corrected chi connectivity index (χ0v) is 9.98. The lowest BCUT2D eigenvalue weighted by Crippen LogP contribution is -2.08. The molecular weight excluding hydrogens is 259 g/mol. The van der Waals surface area contributed by atoms with Crippen LogP contribution in [-0.2, 0) is 12.7 Å². The van der Waals surface area contributed by atoms with Crippen LogP contribution in [0.4, 0.5) is 13.2 Å². The van der Waals surface area contributed by atoms with Crippen LogP contribution in [0.3, 0.4) is 0 Å². The second-order valence-electron chi connectivity index (χ2n) is 4.03. The van der Waals surface area contributed by atoms with Gasteiger partial charge in [0.15, 0.2) is 5.78 Å². The van der Waals surface area contributed by atoms with Crippen molar-refractivity contribution in [2.75, 3.05) is 0 Å². The summed E-state index contributed by atoms with van der Waals surface area (Å²) in [5.74, 6) is -0.114. The van der Waals surface area contributed by atoms with Gasteiger partial charge < -0.3 is 0 Å². The molecule has 0 aliphatic heterocycles. The Morgan fingerprint density at radius 3 is 2.53 bits per heavy atom. The molecule has 0 amide bonds. The van der Waals surface area contributed by atoms with Crippen molar-refractivity contribution in [2.24, 2.45) is 0 Å². The Balaban J connectivity index is 2.13.